The van der Waals surface area contributed by atoms with Crippen LogP contribution >= 0.6 is 27.3 Å². The summed E-state index contributed by atoms with van der Waals surface area (Å²) in [5.74, 6) is -0.241. The summed E-state index contributed by atoms with van der Waals surface area (Å²) in [4.78, 5) is 5.19. The van der Waals surface area contributed by atoms with E-state index < -0.39 is 0 Å². The summed E-state index contributed by atoms with van der Waals surface area (Å²) in [6.45, 7) is 3.86. The number of aryl methyl sites for hydroxylation is 1. The number of benzene rings is 1. The first-order chi connectivity index (χ1) is 7.99. The lowest BCUT2D eigenvalue weighted by atomic mass is 9.98. The Hall–Kier alpha value is -0.940. The third-order valence-electron chi connectivity index (χ3n) is 2.67. The number of nitrogens with zero attached hydrogens (tertiary/aromatic N) is 1. The predicted molar refractivity (Wildman–Crippen MR) is 72.9 cm³/mol. The molecule has 2 aromatic rings. The van der Waals surface area contributed by atoms with Crippen molar-refractivity contribution in [1.82, 2.24) is 4.98 Å². The van der Waals surface area contributed by atoms with Crippen LogP contribution in [0.4, 0.5) is 9.52 Å². The highest BCUT2D eigenvalue weighted by Gasteiger charge is 2.18. The quantitative estimate of drug-likeness (QED) is 0.906. The third kappa shape index (κ3) is 2.50. The fourth-order valence-corrected chi connectivity index (χ4v) is 3.10. The van der Waals surface area contributed by atoms with Crippen molar-refractivity contribution in [1.29, 1.82) is 0 Å². The van der Waals surface area contributed by atoms with Crippen LogP contribution in [0, 0.1) is 12.7 Å². The molecule has 1 aromatic carbocycles. The van der Waals surface area contributed by atoms with Crippen molar-refractivity contribution < 1.29 is 4.39 Å². The summed E-state index contributed by atoms with van der Waals surface area (Å²) < 4.78 is 14.6. The number of thiazole rings is 1. The van der Waals surface area contributed by atoms with E-state index in [2.05, 4.69) is 20.9 Å². The monoisotopic (exact) mass is 314 g/mol. The Labute approximate surface area is 112 Å². The van der Waals surface area contributed by atoms with Gasteiger partial charge in [0.25, 0.3) is 0 Å². The second-order valence-corrected chi connectivity index (χ2v) is 5.87. The number of aromatic nitrogens is 1. The fraction of sp³-hybridized carbons (Fsp3) is 0.250. The Morgan fingerprint density at radius 1 is 1.47 bits per heavy atom. The molecule has 0 aliphatic carbocycles. The first-order valence-corrected chi connectivity index (χ1v) is 6.77. The van der Waals surface area contributed by atoms with Gasteiger partial charge in [0.2, 0.25) is 0 Å². The molecule has 5 heteroatoms. The van der Waals surface area contributed by atoms with Crippen LogP contribution in [-0.2, 0) is 0 Å². The average Bonchev–Trinajstić information content (AvgIpc) is 2.60. The Morgan fingerprint density at radius 2 is 2.18 bits per heavy atom. The maximum atomic E-state index is 13.8. The molecule has 0 aliphatic heterocycles. The maximum absolute atomic E-state index is 13.8. The van der Waals surface area contributed by atoms with Crippen molar-refractivity contribution >= 4 is 32.4 Å². The molecule has 90 valence electrons. The minimum atomic E-state index is -0.202. The van der Waals surface area contributed by atoms with Crippen molar-refractivity contribution in [3.63, 3.8) is 0 Å². The molecule has 2 rings (SSSR count). The van der Waals surface area contributed by atoms with Gasteiger partial charge in [0, 0.05) is 15.3 Å². The normalized spacial score (nSPS) is 12.7. The zero-order valence-electron chi connectivity index (χ0n) is 9.50. The van der Waals surface area contributed by atoms with E-state index in [4.69, 9.17) is 5.73 Å². The molecule has 2 N–H and O–H groups in total. The van der Waals surface area contributed by atoms with E-state index in [1.165, 1.54) is 17.4 Å². The molecule has 1 unspecified atom stereocenters. The molecular weight excluding hydrogens is 303 g/mol. The van der Waals surface area contributed by atoms with E-state index in [1.807, 2.05) is 13.8 Å². The Balaban J connectivity index is 2.46. The second-order valence-electron chi connectivity index (χ2n) is 3.89. The van der Waals surface area contributed by atoms with Crippen LogP contribution in [0.5, 0.6) is 0 Å². The number of hydrogen-bond acceptors (Lipinski definition) is 3. The van der Waals surface area contributed by atoms with E-state index in [0.29, 0.717) is 10.7 Å². The molecule has 2 nitrogen and oxygen atoms in total. The van der Waals surface area contributed by atoms with Gasteiger partial charge in [0.1, 0.15) is 5.82 Å². The predicted octanol–water partition coefficient (Wildman–Crippen LogP) is 4.09. The number of nitrogen functional groups attached to an aromatic ring is 1. The van der Waals surface area contributed by atoms with E-state index in [0.717, 1.165) is 15.0 Å². The fourth-order valence-electron chi connectivity index (χ4n) is 1.82. The van der Waals surface area contributed by atoms with E-state index in [9.17, 15) is 4.39 Å². The Bertz CT molecular complexity index is 553. The number of hydrogen-bond donors (Lipinski definition) is 1. The molecule has 0 bridgehead atoms. The van der Waals surface area contributed by atoms with Crippen LogP contribution in [0.15, 0.2) is 22.7 Å². The number of nitrogens with two attached hydrogens (primary N) is 1. The smallest absolute Gasteiger partial charge is 0.180 e. The van der Waals surface area contributed by atoms with Crippen molar-refractivity contribution in [2.75, 3.05) is 5.73 Å². The molecule has 0 saturated heterocycles. The van der Waals surface area contributed by atoms with Crippen LogP contribution in [0.25, 0.3) is 0 Å². The molecule has 0 radical (unpaired) electrons. The van der Waals surface area contributed by atoms with Gasteiger partial charge in [0.15, 0.2) is 5.13 Å². The highest BCUT2D eigenvalue weighted by molar-refractivity contribution is 9.10. The SMILES string of the molecule is Cc1nc(N)sc1C(C)c1cc(Br)ccc1F. The van der Waals surface area contributed by atoms with Crippen LogP contribution < -0.4 is 5.73 Å². The van der Waals surface area contributed by atoms with Gasteiger partial charge in [-0.1, -0.05) is 22.9 Å². The molecule has 1 atom stereocenters. The highest BCUT2D eigenvalue weighted by atomic mass is 79.9. The van der Waals surface area contributed by atoms with E-state index in [1.54, 1.807) is 12.1 Å². The summed E-state index contributed by atoms with van der Waals surface area (Å²) in [6, 6.07) is 4.96. The minimum Gasteiger partial charge on any atom is -0.375 e. The Morgan fingerprint density at radius 3 is 2.76 bits per heavy atom. The molecule has 0 fully saturated rings. The van der Waals surface area contributed by atoms with Gasteiger partial charge in [-0.2, -0.15) is 0 Å². The van der Waals surface area contributed by atoms with Crippen molar-refractivity contribution in [3.05, 3.63) is 44.6 Å². The standard InChI is InChI=1S/C12H12BrFN2S/c1-6(11-7(2)16-12(15)17-11)9-5-8(13)3-4-10(9)14/h3-6H,1-2H3,(H2,15,16). The lowest BCUT2D eigenvalue weighted by molar-refractivity contribution is 0.603. The van der Waals surface area contributed by atoms with Crippen molar-refractivity contribution in [2.24, 2.45) is 0 Å². The molecule has 1 aromatic heterocycles. The zero-order valence-corrected chi connectivity index (χ0v) is 11.9. The van der Waals surface area contributed by atoms with Gasteiger partial charge in [0.05, 0.1) is 5.69 Å². The van der Waals surface area contributed by atoms with Crippen molar-refractivity contribution in [3.8, 4) is 0 Å². The second kappa shape index (κ2) is 4.74. The Kier molecular flexibility index (Phi) is 3.49. The van der Waals surface area contributed by atoms with Gasteiger partial charge < -0.3 is 5.73 Å². The van der Waals surface area contributed by atoms with Crippen molar-refractivity contribution in [2.45, 2.75) is 19.8 Å². The summed E-state index contributed by atoms with van der Waals surface area (Å²) in [5, 5.41) is 0.528. The lowest BCUT2D eigenvalue weighted by Gasteiger charge is -2.12. The maximum Gasteiger partial charge on any atom is 0.180 e. The molecule has 0 spiro atoms. The summed E-state index contributed by atoms with van der Waals surface area (Å²) in [5.41, 5.74) is 7.20. The van der Waals surface area contributed by atoms with Gasteiger partial charge in [-0.25, -0.2) is 9.37 Å². The summed E-state index contributed by atoms with van der Waals surface area (Å²) >= 11 is 4.77. The zero-order chi connectivity index (χ0) is 12.6. The largest absolute Gasteiger partial charge is 0.375 e. The topological polar surface area (TPSA) is 38.9 Å². The molecule has 0 aliphatic rings. The summed E-state index contributed by atoms with van der Waals surface area (Å²) in [7, 11) is 0. The van der Waals surface area contributed by atoms with Crippen LogP contribution in [0.1, 0.15) is 29.0 Å². The van der Waals surface area contributed by atoms with E-state index in [-0.39, 0.29) is 11.7 Å². The highest BCUT2D eigenvalue weighted by Crippen LogP contribution is 2.34. The molecule has 17 heavy (non-hydrogen) atoms. The van der Waals surface area contributed by atoms with Gasteiger partial charge in [-0.15, -0.1) is 11.3 Å². The molecule has 0 amide bonds. The van der Waals surface area contributed by atoms with E-state index >= 15 is 0 Å². The van der Waals surface area contributed by atoms with Crippen LogP contribution in [-0.4, -0.2) is 4.98 Å². The first kappa shape index (κ1) is 12.5. The molecule has 0 saturated carbocycles. The van der Waals surface area contributed by atoms with Gasteiger partial charge >= 0.3 is 0 Å². The number of anilines is 1. The van der Waals surface area contributed by atoms with Gasteiger partial charge in [-0.3, -0.25) is 0 Å². The molecular formula is C12H12BrFN2S. The lowest BCUT2D eigenvalue weighted by Crippen LogP contribution is -1.99. The summed E-state index contributed by atoms with van der Waals surface area (Å²) in [6.07, 6.45) is 0. The van der Waals surface area contributed by atoms with Gasteiger partial charge in [-0.05, 0) is 30.7 Å². The van der Waals surface area contributed by atoms with Crippen LogP contribution in [0.3, 0.4) is 0 Å². The minimum absolute atomic E-state index is 0.0395. The average molecular weight is 315 g/mol. The molecule has 1 heterocycles. The first-order valence-electron chi connectivity index (χ1n) is 5.16. The number of halogens is 2. The van der Waals surface area contributed by atoms with Crippen LogP contribution in [0.2, 0.25) is 0 Å². The number of rotatable bonds is 2. The third-order valence-corrected chi connectivity index (χ3v) is 4.33.